The van der Waals surface area contributed by atoms with Crippen LogP contribution in [0.15, 0.2) is 12.1 Å². The third-order valence-corrected chi connectivity index (χ3v) is 2.88. The molecule has 0 heterocycles. The van der Waals surface area contributed by atoms with E-state index in [0.29, 0.717) is 0 Å². The maximum atomic E-state index is 13.3. The molecule has 0 radical (unpaired) electrons. The fourth-order valence-corrected chi connectivity index (χ4v) is 1.70. The van der Waals surface area contributed by atoms with Crippen molar-refractivity contribution in [2.75, 3.05) is 14.2 Å². The molecule has 0 aliphatic carbocycles. The van der Waals surface area contributed by atoms with E-state index in [1.165, 1.54) is 27.2 Å². The number of aryl methyl sites for hydroxylation is 1. The molecular formula is C12H14F5NO2. The Morgan fingerprint density at radius 1 is 1.00 bits per heavy atom. The number of ether oxygens (including phenoxy) is 2. The lowest BCUT2D eigenvalue weighted by atomic mass is 9.96. The highest BCUT2D eigenvalue weighted by Crippen LogP contribution is 2.45. The van der Waals surface area contributed by atoms with Gasteiger partial charge in [0, 0.05) is 0 Å². The smallest absolute Gasteiger partial charge is 0.455 e. The molecule has 0 saturated carbocycles. The third kappa shape index (κ3) is 2.79. The lowest BCUT2D eigenvalue weighted by molar-refractivity contribution is -0.291. The van der Waals surface area contributed by atoms with Gasteiger partial charge >= 0.3 is 12.1 Å². The first-order valence-corrected chi connectivity index (χ1v) is 5.49. The molecule has 0 saturated heterocycles. The van der Waals surface area contributed by atoms with Crippen LogP contribution < -0.4 is 15.2 Å². The summed E-state index contributed by atoms with van der Waals surface area (Å²) >= 11 is 0. The second-order valence-electron chi connectivity index (χ2n) is 4.16. The van der Waals surface area contributed by atoms with Gasteiger partial charge in [-0.1, -0.05) is 0 Å². The number of nitrogens with two attached hydrogens (primary N) is 1. The molecule has 3 nitrogen and oxygen atoms in total. The Morgan fingerprint density at radius 2 is 1.45 bits per heavy atom. The molecule has 0 aliphatic rings. The highest BCUT2D eigenvalue weighted by atomic mass is 19.4. The molecule has 0 bridgehead atoms. The van der Waals surface area contributed by atoms with Crippen LogP contribution in [0.1, 0.15) is 17.2 Å². The minimum Gasteiger partial charge on any atom is -0.493 e. The average Bonchev–Trinajstić information content (AvgIpc) is 2.36. The first-order valence-electron chi connectivity index (χ1n) is 5.49. The predicted octanol–water partition coefficient (Wildman–Crippen LogP) is 3.21. The summed E-state index contributed by atoms with van der Waals surface area (Å²) < 4.78 is 73.4. The van der Waals surface area contributed by atoms with E-state index >= 15 is 0 Å². The van der Waals surface area contributed by atoms with Gasteiger partial charge in [-0.05, 0) is 30.2 Å². The summed E-state index contributed by atoms with van der Waals surface area (Å²) in [5, 5.41) is 0. The van der Waals surface area contributed by atoms with Gasteiger partial charge in [-0.3, -0.25) is 0 Å². The van der Waals surface area contributed by atoms with E-state index < -0.39 is 18.1 Å². The molecule has 20 heavy (non-hydrogen) atoms. The van der Waals surface area contributed by atoms with Crippen LogP contribution in [0.3, 0.4) is 0 Å². The van der Waals surface area contributed by atoms with Crippen molar-refractivity contribution < 1.29 is 31.4 Å². The summed E-state index contributed by atoms with van der Waals surface area (Å²) in [5.74, 6) is -4.80. The fraction of sp³-hybridized carbons (Fsp3) is 0.500. The first kappa shape index (κ1) is 16.5. The lowest BCUT2D eigenvalue weighted by Gasteiger charge is -2.27. The molecule has 1 atom stereocenters. The Kier molecular flexibility index (Phi) is 4.48. The monoisotopic (exact) mass is 299 g/mol. The Hall–Kier alpha value is -1.57. The Balaban J connectivity index is 3.33. The van der Waals surface area contributed by atoms with Gasteiger partial charge in [-0.15, -0.1) is 0 Å². The van der Waals surface area contributed by atoms with Crippen LogP contribution in [0.4, 0.5) is 22.0 Å². The molecule has 114 valence electrons. The molecular weight excluding hydrogens is 285 g/mol. The topological polar surface area (TPSA) is 44.5 Å². The minimum absolute atomic E-state index is 0.0292. The van der Waals surface area contributed by atoms with E-state index in [2.05, 4.69) is 0 Å². The van der Waals surface area contributed by atoms with Crippen molar-refractivity contribution in [3.8, 4) is 11.5 Å². The minimum atomic E-state index is -5.73. The number of alkyl halides is 5. The van der Waals surface area contributed by atoms with Crippen molar-refractivity contribution in [1.29, 1.82) is 0 Å². The first-order chi connectivity index (χ1) is 9.06. The van der Waals surface area contributed by atoms with Gasteiger partial charge in [0.05, 0.1) is 14.2 Å². The van der Waals surface area contributed by atoms with Gasteiger partial charge in [-0.2, -0.15) is 22.0 Å². The highest BCUT2D eigenvalue weighted by molar-refractivity contribution is 5.48. The standard InChI is InChI=1S/C12H14F5NO2/c1-6-4-8(19-2)9(20-3)5-7(6)10(18)11(13,14)12(15,16)17/h4-5,10H,18H2,1-3H3. The molecule has 8 heteroatoms. The molecule has 1 aromatic rings. The summed E-state index contributed by atoms with van der Waals surface area (Å²) in [6.45, 7) is 1.36. The number of halogens is 5. The number of rotatable bonds is 4. The molecule has 2 N–H and O–H groups in total. The van der Waals surface area contributed by atoms with E-state index in [-0.39, 0.29) is 22.6 Å². The van der Waals surface area contributed by atoms with Gasteiger partial charge < -0.3 is 15.2 Å². The zero-order valence-electron chi connectivity index (χ0n) is 11.0. The normalized spacial score (nSPS) is 14.1. The quantitative estimate of drug-likeness (QED) is 0.868. The summed E-state index contributed by atoms with van der Waals surface area (Å²) in [6, 6.07) is -0.207. The van der Waals surface area contributed by atoms with Crippen molar-refractivity contribution in [3.05, 3.63) is 23.3 Å². The molecule has 1 unspecified atom stereocenters. The maximum absolute atomic E-state index is 13.3. The van der Waals surface area contributed by atoms with Crippen molar-refractivity contribution in [2.24, 2.45) is 5.73 Å². The van der Waals surface area contributed by atoms with Crippen molar-refractivity contribution in [1.82, 2.24) is 0 Å². The summed E-state index contributed by atoms with van der Waals surface area (Å²) in [6.07, 6.45) is -5.73. The lowest BCUT2D eigenvalue weighted by Crippen LogP contribution is -2.46. The van der Waals surface area contributed by atoms with Gasteiger partial charge in [0.1, 0.15) is 6.04 Å². The van der Waals surface area contributed by atoms with E-state index in [0.717, 1.165) is 6.07 Å². The number of benzene rings is 1. The summed E-state index contributed by atoms with van der Waals surface area (Å²) in [5.41, 5.74) is 4.90. The zero-order chi connectivity index (χ0) is 15.7. The van der Waals surface area contributed by atoms with Gasteiger partial charge in [-0.25, -0.2) is 0 Å². The highest BCUT2D eigenvalue weighted by Gasteiger charge is 2.62. The Labute approximate surface area is 112 Å². The molecule has 0 aromatic heterocycles. The van der Waals surface area contributed by atoms with E-state index in [1.807, 2.05) is 0 Å². The van der Waals surface area contributed by atoms with E-state index in [4.69, 9.17) is 15.2 Å². The molecule has 1 aromatic carbocycles. The Bertz CT molecular complexity index is 487. The average molecular weight is 299 g/mol. The molecule has 0 fully saturated rings. The molecule has 0 amide bonds. The van der Waals surface area contributed by atoms with Crippen LogP contribution in [-0.4, -0.2) is 26.3 Å². The van der Waals surface area contributed by atoms with Crippen LogP contribution in [0.5, 0.6) is 11.5 Å². The van der Waals surface area contributed by atoms with Crippen LogP contribution in [-0.2, 0) is 0 Å². The second-order valence-corrected chi connectivity index (χ2v) is 4.16. The van der Waals surface area contributed by atoms with E-state index in [9.17, 15) is 22.0 Å². The predicted molar refractivity (Wildman–Crippen MR) is 62.2 cm³/mol. The number of hydrogen-bond donors (Lipinski definition) is 1. The summed E-state index contributed by atoms with van der Waals surface area (Å²) in [4.78, 5) is 0. The SMILES string of the molecule is COc1cc(C)c(C(N)C(F)(F)C(F)(F)F)cc1OC. The zero-order valence-corrected chi connectivity index (χ0v) is 11.0. The summed E-state index contributed by atoms with van der Waals surface area (Å²) in [7, 11) is 2.56. The molecule has 0 aliphatic heterocycles. The van der Waals surface area contributed by atoms with Gasteiger partial charge in [0.2, 0.25) is 0 Å². The fourth-order valence-electron chi connectivity index (χ4n) is 1.70. The third-order valence-electron chi connectivity index (χ3n) is 2.88. The van der Waals surface area contributed by atoms with Crippen molar-refractivity contribution >= 4 is 0 Å². The van der Waals surface area contributed by atoms with Crippen molar-refractivity contribution in [2.45, 2.75) is 25.1 Å². The molecule has 0 spiro atoms. The van der Waals surface area contributed by atoms with Crippen LogP contribution in [0.2, 0.25) is 0 Å². The van der Waals surface area contributed by atoms with Crippen LogP contribution in [0, 0.1) is 6.92 Å². The van der Waals surface area contributed by atoms with Gasteiger partial charge in [0.25, 0.3) is 0 Å². The number of methoxy groups -OCH3 is 2. The largest absolute Gasteiger partial charge is 0.493 e. The van der Waals surface area contributed by atoms with Crippen LogP contribution in [0.25, 0.3) is 0 Å². The number of hydrogen-bond acceptors (Lipinski definition) is 3. The van der Waals surface area contributed by atoms with Gasteiger partial charge in [0.15, 0.2) is 11.5 Å². The van der Waals surface area contributed by atoms with E-state index in [1.54, 1.807) is 0 Å². The van der Waals surface area contributed by atoms with Crippen LogP contribution >= 0.6 is 0 Å². The second kappa shape index (κ2) is 5.43. The molecule has 1 rings (SSSR count). The maximum Gasteiger partial charge on any atom is 0.455 e. The Morgan fingerprint density at radius 3 is 1.85 bits per heavy atom. The van der Waals surface area contributed by atoms with Crippen molar-refractivity contribution in [3.63, 3.8) is 0 Å².